The highest BCUT2D eigenvalue weighted by atomic mass is 16.1. The maximum Gasteiger partial charge on any atom is 0.267 e. The average Bonchev–Trinajstić information content (AvgIpc) is 3.38. The normalized spacial score (nSPS) is 11.4. The molecule has 36 heavy (non-hydrogen) atoms. The van der Waals surface area contributed by atoms with Crippen molar-refractivity contribution in [3.8, 4) is 33.6 Å². The van der Waals surface area contributed by atoms with E-state index in [-0.39, 0.29) is 5.69 Å². The minimum absolute atomic E-state index is 0.215. The van der Waals surface area contributed by atoms with E-state index in [9.17, 15) is 4.79 Å². The summed E-state index contributed by atoms with van der Waals surface area (Å²) >= 11 is 0. The summed E-state index contributed by atoms with van der Waals surface area (Å²) in [5.41, 5.74) is 20.0. The SMILES string of the molecule is Cn1c(-c2cnc(C(N)=O)c(-c3c(-c4cncc(N)c4)n(C)c4ccccc34)c2)cc2ccccc21. The fraction of sp³-hybridized carbons (Fsp3) is 0.0690. The lowest BCUT2D eigenvalue weighted by atomic mass is 9.95. The quantitative estimate of drug-likeness (QED) is 0.370. The van der Waals surface area contributed by atoms with Gasteiger partial charge in [0.15, 0.2) is 0 Å². The summed E-state index contributed by atoms with van der Waals surface area (Å²) in [6.45, 7) is 0. The Kier molecular flexibility index (Phi) is 4.86. The van der Waals surface area contributed by atoms with Crippen LogP contribution in [0.25, 0.3) is 55.4 Å². The fourth-order valence-corrected chi connectivity index (χ4v) is 5.15. The zero-order valence-electron chi connectivity index (χ0n) is 19.9. The topological polar surface area (TPSA) is 105 Å². The highest BCUT2D eigenvalue weighted by molar-refractivity contribution is 6.10. The van der Waals surface area contributed by atoms with E-state index >= 15 is 0 Å². The summed E-state index contributed by atoms with van der Waals surface area (Å²) in [4.78, 5) is 21.5. The maximum atomic E-state index is 12.6. The van der Waals surface area contributed by atoms with Crippen LogP contribution in [0.15, 0.2) is 85.3 Å². The first-order valence-electron chi connectivity index (χ1n) is 11.6. The molecule has 0 fully saturated rings. The van der Waals surface area contributed by atoms with Crippen molar-refractivity contribution < 1.29 is 4.79 Å². The van der Waals surface area contributed by atoms with Gasteiger partial charge in [0.05, 0.1) is 17.1 Å². The number of anilines is 1. The van der Waals surface area contributed by atoms with Gasteiger partial charge in [-0.2, -0.15) is 0 Å². The fourth-order valence-electron chi connectivity index (χ4n) is 5.15. The second-order valence-corrected chi connectivity index (χ2v) is 8.94. The number of nitrogen functional groups attached to an aromatic ring is 1. The molecule has 0 aliphatic carbocycles. The number of primary amides is 1. The molecular weight excluding hydrogens is 448 g/mol. The number of fused-ring (bicyclic) bond motifs is 2. The molecule has 0 radical (unpaired) electrons. The lowest BCUT2D eigenvalue weighted by molar-refractivity contribution is 0.0996. The summed E-state index contributed by atoms with van der Waals surface area (Å²) in [5, 5.41) is 2.11. The van der Waals surface area contributed by atoms with Gasteiger partial charge in [0.2, 0.25) is 0 Å². The van der Waals surface area contributed by atoms with Crippen molar-refractivity contribution in [3.05, 3.63) is 91.0 Å². The van der Waals surface area contributed by atoms with E-state index in [4.69, 9.17) is 11.5 Å². The van der Waals surface area contributed by atoms with Crippen molar-refractivity contribution in [2.45, 2.75) is 0 Å². The van der Waals surface area contributed by atoms with Crippen LogP contribution in [-0.2, 0) is 14.1 Å². The molecule has 4 N–H and O–H groups in total. The van der Waals surface area contributed by atoms with E-state index in [1.165, 1.54) is 0 Å². The van der Waals surface area contributed by atoms with Crippen molar-refractivity contribution in [1.29, 1.82) is 0 Å². The highest BCUT2D eigenvalue weighted by Crippen LogP contribution is 2.42. The highest BCUT2D eigenvalue weighted by Gasteiger charge is 2.24. The predicted molar refractivity (Wildman–Crippen MR) is 144 cm³/mol. The van der Waals surface area contributed by atoms with Gasteiger partial charge in [0, 0.05) is 76.7 Å². The number of carbonyl (C=O) groups excluding carboxylic acids is 1. The number of para-hydroxylation sites is 2. The molecule has 4 aromatic heterocycles. The summed E-state index contributed by atoms with van der Waals surface area (Å²) in [6.07, 6.45) is 5.10. The lowest BCUT2D eigenvalue weighted by Crippen LogP contribution is -2.15. The Morgan fingerprint density at radius 1 is 0.833 bits per heavy atom. The number of hydrogen-bond donors (Lipinski definition) is 2. The maximum absolute atomic E-state index is 12.6. The van der Waals surface area contributed by atoms with Gasteiger partial charge in [0.25, 0.3) is 5.91 Å². The van der Waals surface area contributed by atoms with Crippen LogP contribution in [0.2, 0.25) is 0 Å². The zero-order chi connectivity index (χ0) is 25.0. The monoisotopic (exact) mass is 472 g/mol. The largest absolute Gasteiger partial charge is 0.397 e. The Morgan fingerprint density at radius 2 is 1.58 bits per heavy atom. The third-order valence-electron chi connectivity index (χ3n) is 6.78. The summed E-state index contributed by atoms with van der Waals surface area (Å²) in [6, 6.07) is 22.3. The molecule has 7 heteroatoms. The van der Waals surface area contributed by atoms with Crippen LogP contribution >= 0.6 is 0 Å². The van der Waals surface area contributed by atoms with Gasteiger partial charge in [-0.05, 0) is 30.3 Å². The van der Waals surface area contributed by atoms with Gasteiger partial charge in [-0.3, -0.25) is 9.78 Å². The van der Waals surface area contributed by atoms with E-state index in [1.807, 2.05) is 62.6 Å². The standard InChI is InChI=1S/C29H24N6O/c1-34-23-9-5-3-7-17(23)13-25(34)18-12-22(27(29(31)36)33-15-18)26-21-8-4-6-10-24(21)35(2)28(26)19-11-20(30)16-32-14-19/h3-16H,30H2,1-2H3,(H2,31,36). The van der Waals surface area contributed by atoms with E-state index < -0.39 is 5.91 Å². The molecule has 7 nitrogen and oxygen atoms in total. The number of amides is 1. The summed E-state index contributed by atoms with van der Waals surface area (Å²) in [7, 11) is 4.02. The lowest BCUT2D eigenvalue weighted by Gasteiger charge is -2.13. The molecule has 0 saturated carbocycles. The minimum Gasteiger partial charge on any atom is -0.397 e. The molecule has 0 aliphatic rings. The molecule has 0 atom stereocenters. The minimum atomic E-state index is -0.585. The van der Waals surface area contributed by atoms with Gasteiger partial charge in [-0.25, -0.2) is 4.98 Å². The van der Waals surface area contributed by atoms with E-state index in [2.05, 4.69) is 37.3 Å². The molecule has 176 valence electrons. The van der Waals surface area contributed by atoms with E-state index in [0.29, 0.717) is 11.3 Å². The number of nitrogens with zero attached hydrogens (tertiary/aromatic N) is 4. The second kappa shape index (κ2) is 8.09. The molecule has 4 heterocycles. The van der Waals surface area contributed by atoms with Crippen LogP contribution in [0.4, 0.5) is 5.69 Å². The zero-order valence-corrected chi connectivity index (χ0v) is 19.9. The third-order valence-corrected chi connectivity index (χ3v) is 6.78. The number of aromatic nitrogens is 4. The van der Waals surface area contributed by atoms with Crippen LogP contribution in [-0.4, -0.2) is 25.0 Å². The van der Waals surface area contributed by atoms with Crippen LogP contribution in [0.3, 0.4) is 0 Å². The van der Waals surface area contributed by atoms with Gasteiger partial charge in [-0.15, -0.1) is 0 Å². The summed E-state index contributed by atoms with van der Waals surface area (Å²) in [5.74, 6) is -0.585. The molecule has 6 rings (SSSR count). The number of rotatable bonds is 4. The number of nitrogens with two attached hydrogens (primary N) is 2. The van der Waals surface area contributed by atoms with Gasteiger partial charge >= 0.3 is 0 Å². The molecule has 0 unspecified atom stereocenters. The summed E-state index contributed by atoms with van der Waals surface area (Å²) < 4.78 is 4.22. The van der Waals surface area contributed by atoms with Gasteiger partial charge in [-0.1, -0.05) is 36.4 Å². The first kappa shape index (κ1) is 21.6. The molecule has 0 saturated heterocycles. The third kappa shape index (κ3) is 3.25. The average molecular weight is 473 g/mol. The first-order chi connectivity index (χ1) is 17.4. The molecule has 0 spiro atoms. The van der Waals surface area contributed by atoms with Crippen LogP contribution in [0.5, 0.6) is 0 Å². The Hall–Kier alpha value is -4.91. The Balaban J connectivity index is 1.70. The van der Waals surface area contributed by atoms with Crippen molar-refractivity contribution in [2.75, 3.05) is 5.73 Å². The van der Waals surface area contributed by atoms with Gasteiger partial charge < -0.3 is 20.6 Å². The molecule has 0 aliphatic heterocycles. The Labute approximate surface area is 207 Å². The van der Waals surface area contributed by atoms with E-state index in [0.717, 1.165) is 49.9 Å². The second-order valence-electron chi connectivity index (χ2n) is 8.94. The van der Waals surface area contributed by atoms with Crippen LogP contribution in [0.1, 0.15) is 10.5 Å². The smallest absolute Gasteiger partial charge is 0.267 e. The van der Waals surface area contributed by atoms with Crippen LogP contribution < -0.4 is 11.5 Å². The number of pyridine rings is 2. The number of hydrogen-bond acceptors (Lipinski definition) is 4. The van der Waals surface area contributed by atoms with Crippen molar-refractivity contribution in [2.24, 2.45) is 19.8 Å². The molecular formula is C29H24N6O. The predicted octanol–water partition coefficient (Wildman–Crippen LogP) is 5.14. The van der Waals surface area contributed by atoms with Crippen LogP contribution in [0, 0.1) is 0 Å². The van der Waals surface area contributed by atoms with Crippen molar-refractivity contribution in [1.82, 2.24) is 19.1 Å². The molecule has 2 aromatic carbocycles. The number of carbonyl (C=O) groups is 1. The molecule has 0 bridgehead atoms. The van der Waals surface area contributed by atoms with Crippen molar-refractivity contribution >= 4 is 33.4 Å². The number of benzene rings is 2. The number of aryl methyl sites for hydroxylation is 2. The Bertz CT molecular complexity index is 1810. The van der Waals surface area contributed by atoms with Gasteiger partial charge in [0.1, 0.15) is 5.69 Å². The first-order valence-corrected chi connectivity index (χ1v) is 11.6. The molecule has 6 aromatic rings. The molecule has 1 amide bonds. The van der Waals surface area contributed by atoms with Crippen molar-refractivity contribution in [3.63, 3.8) is 0 Å². The van der Waals surface area contributed by atoms with E-state index in [1.54, 1.807) is 18.6 Å². The Morgan fingerprint density at radius 3 is 2.33 bits per heavy atom.